The van der Waals surface area contributed by atoms with Gasteiger partial charge in [-0.25, -0.2) is 9.97 Å². The number of hydrogen-bond acceptors (Lipinski definition) is 9. The first-order chi connectivity index (χ1) is 17.5. The minimum atomic E-state index is -0.0292. The van der Waals surface area contributed by atoms with Crippen molar-refractivity contribution in [3.63, 3.8) is 0 Å². The molecule has 1 saturated heterocycles. The van der Waals surface area contributed by atoms with Crippen molar-refractivity contribution in [3.8, 4) is 5.75 Å². The summed E-state index contributed by atoms with van der Waals surface area (Å²) in [5.41, 5.74) is 3.32. The Balaban J connectivity index is 1.30. The summed E-state index contributed by atoms with van der Waals surface area (Å²) in [6, 6.07) is 9.77. The molecule has 188 valence electrons. The van der Waals surface area contributed by atoms with Crippen molar-refractivity contribution in [1.82, 2.24) is 19.9 Å². The second-order valence-electron chi connectivity index (χ2n) is 9.19. The van der Waals surface area contributed by atoms with Crippen molar-refractivity contribution < 1.29 is 9.53 Å². The first-order valence-corrected chi connectivity index (χ1v) is 12.3. The number of piperazine rings is 1. The number of carbonyl (C=O) groups excluding carboxylic acids is 1. The molecule has 0 saturated carbocycles. The van der Waals surface area contributed by atoms with Crippen LogP contribution in [0.2, 0.25) is 0 Å². The molecule has 1 aromatic carbocycles. The van der Waals surface area contributed by atoms with Crippen molar-refractivity contribution in [1.29, 1.82) is 0 Å². The zero-order chi connectivity index (χ0) is 25.1. The summed E-state index contributed by atoms with van der Waals surface area (Å²) >= 11 is 0. The van der Waals surface area contributed by atoms with Crippen LogP contribution in [0.25, 0.3) is 0 Å². The number of nitrogens with zero attached hydrogens (tertiary/aromatic N) is 6. The molecule has 0 bridgehead atoms. The summed E-state index contributed by atoms with van der Waals surface area (Å²) in [6.45, 7) is 8.77. The van der Waals surface area contributed by atoms with E-state index in [2.05, 4.69) is 49.4 Å². The van der Waals surface area contributed by atoms with Crippen LogP contribution in [0.3, 0.4) is 0 Å². The molecular formula is C26H32N8O2. The summed E-state index contributed by atoms with van der Waals surface area (Å²) in [6.07, 6.45) is 4.46. The van der Waals surface area contributed by atoms with E-state index in [-0.39, 0.29) is 12.5 Å². The molecule has 2 aliphatic rings. The fourth-order valence-electron chi connectivity index (χ4n) is 4.33. The SMILES string of the molecule is CCCN1C(=O)COc2ccc(Nc3nc(Nc4ccc(N5CCN(C)CC5)nc4)ncc3C)cc21. The van der Waals surface area contributed by atoms with Crippen molar-refractivity contribution in [2.24, 2.45) is 0 Å². The number of aromatic nitrogens is 3. The Bertz CT molecular complexity index is 1230. The maximum absolute atomic E-state index is 12.4. The van der Waals surface area contributed by atoms with Gasteiger partial charge in [0.25, 0.3) is 5.91 Å². The zero-order valence-electron chi connectivity index (χ0n) is 21.0. The van der Waals surface area contributed by atoms with Gasteiger partial charge in [0.1, 0.15) is 17.4 Å². The fourth-order valence-corrected chi connectivity index (χ4v) is 4.33. The standard InChI is InChI=1S/C26H32N8O2/c1-4-9-34-21-14-19(5-7-22(21)36-17-24(34)35)29-25-18(2)15-28-26(31-25)30-20-6-8-23(27-16-20)33-12-10-32(3)11-13-33/h5-8,14-16H,4,9-13,17H2,1-3H3,(H2,28,29,30,31). The maximum atomic E-state index is 12.4. The number of anilines is 6. The lowest BCUT2D eigenvalue weighted by molar-refractivity contribution is -0.121. The molecule has 2 N–H and O–H groups in total. The number of benzene rings is 1. The second-order valence-corrected chi connectivity index (χ2v) is 9.19. The molecular weight excluding hydrogens is 456 g/mol. The monoisotopic (exact) mass is 488 g/mol. The summed E-state index contributed by atoms with van der Waals surface area (Å²) in [5.74, 6) is 2.81. The van der Waals surface area contributed by atoms with Crippen LogP contribution in [0.4, 0.5) is 34.6 Å². The van der Waals surface area contributed by atoms with Crippen LogP contribution < -0.4 is 25.2 Å². The lowest BCUT2D eigenvalue weighted by Crippen LogP contribution is -2.44. The van der Waals surface area contributed by atoms with Gasteiger partial charge in [-0.05, 0) is 50.7 Å². The molecule has 0 spiro atoms. The topological polar surface area (TPSA) is 98.7 Å². The minimum absolute atomic E-state index is 0.0292. The fraction of sp³-hybridized carbons (Fsp3) is 0.385. The molecule has 0 radical (unpaired) electrons. The van der Waals surface area contributed by atoms with E-state index in [1.807, 2.05) is 43.5 Å². The number of pyridine rings is 1. The van der Waals surface area contributed by atoms with Crippen LogP contribution in [0.1, 0.15) is 18.9 Å². The molecule has 0 aliphatic carbocycles. The van der Waals surface area contributed by atoms with Crippen LogP contribution >= 0.6 is 0 Å². The van der Waals surface area contributed by atoms with Crippen LogP contribution in [0.15, 0.2) is 42.7 Å². The Kier molecular flexibility index (Phi) is 6.86. The third-order valence-corrected chi connectivity index (χ3v) is 6.41. The highest BCUT2D eigenvalue weighted by Crippen LogP contribution is 2.35. The smallest absolute Gasteiger partial charge is 0.265 e. The van der Waals surface area contributed by atoms with Crippen molar-refractivity contribution >= 4 is 40.6 Å². The van der Waals surface area contributed by atoms with E-state index in [1.165, 1.54) is 0 Å². The average Bonchev–Trinajstić information content (AvgIpc) is 2.89. The number of likely N-dealkylation sites (N-methyl/N-ethyl adjacent to an activating group) is 1. The van der Waals surface area contributed by atoms with Gasteiger partial charge in [0.2, 0.25) is 5.95 Å². The quantitative estimate of drug-likeness (QED) is 0.517. The maximum Gasteiger partial charge on any atom is 0.265 e. The van der Waals surface area contributed by atoms with Crippen molar-refractivity contribution in [2.75, 3.05) is 66.8 Å². The molecule has 36 heavy (non-hydrogen) atoms. The van der Waals surface area contributed by atoms with Crippen LogP contribution in [0, 0.1) is 6.92 Å². The van der Waals surface area contributed by atoms with Gasteiger partial charge >= 0.3 is 0 Å². The molecule has 1 fully saturated rings. The van der Waals surface area contributed by atoms with E-state index in [9.17, 15) is 4.79 Å². The second kappa shape index (κ2) is 10.4. The van der Waals surface area contributed by atoms with Gasteiger partial charge in [-0.3, -0.25) is 4.79 Å². The Morgan fingerprint density at radius 1 is 1.00 bits per heavy atom. The molecule has 10 nitrogen and oxygen atoms in total. The van der Waals surface area contributed by atoms with Gasteiger partial charge in [-0.2, -0.15) is 4.98 Å². The van der Waals surface area contributed by atoms with E-state index in [1.54, 1.807) is 11.1 Å². The summed E-state index contributed by atoms with van der Waals surface area (Å²) in [7, 11) is 2.14. The van der Waals surface area contributed by atoms with Crippen LogP contribution in [-0.2, 0) is 4.79 Å². The molecule has 3 aromatic rings. The lowest BCUT2D eigenvalue weighted by Gasteiger charge is -2.33. The van der Waals surface area contributed by atoms with Gasteiger partial charge in [-0.15, -0.1) is 0 Å². The van der Waals surface area contributed by atoms with Gasteiger partial charge in [0, 0.05) is 50.2 Å². The number of nitrogens with one attached hydrogen (secondary N) is 2. The Hall–Kier alpha value is -3.92. The van der Waals surface area contributed by atoms with Crippen molar-refractivity contribution in [3.05, 3.63) is 48.3 Å². The van der Waals surface area contributed by atoms with Crippen molar-refractivity contribution in [2.45, 2.75) is 20.3 Å². The van der Waals surface area contributed by atoms with E-state index < -0.39 is 0 Å². The molecule has 4 heterocycles. The normalized spacial score (nSPS) is 15.9. The van der Waals surface area contributed by atoms with E-state index in [4.69, 9.17) is 4.74 Å². The van der Waals surface area contributed by atoms with E-state index >= 15 is 0 Å². The third-order valence-electron chi connectivity index (χ3n) is 6.41. The predicted octanol–water partition coefficient (Wildman–Crippen LogP) is 3.55. The highest BCUT2D eigenvalue weighted by Gasteiger charge is 2.25. The zero-order valence-corrected chi connectivity index (χ0v) is 21.0. The molecule has 2 aliphatic heterocycles. The summed E-state index contributed by atoms with van der Waals surface area (Å²) < 4.78 is 5.61. The van der Waals surface area contributed by atoms with E-state index in [0.29, 0.717) is 24.1 Å². The molecule has 1 amide bonds. The predicted molar refractivity (Wildman–Crippen MR) is 142 cm³/mol. The third kappa shape index (κ3) is 5.18. The summed E-state index contributed by atoms with van der Waals surface area (Å²) in [4.78, 5) is 32.5. The summed E-state index contributed by atoms with van der Waals surface area (Å²) in [5, 5.41) is 6.62. The molecule has 10 heteroatoms. The number of fused-ring (bicyclic) bond motifs is 1. The van der Waals surface area contributed by atoms with Gasteiger partial charge in [0.15, 0.2) is 6.61 Å². The first kappa shape index (κ1) is 23.8. The molecule has 0 atom stereocenters. The van der Waals surface area contributed by atoms with Gasteiger partial charge < -0.3 is 30.1 Å². The highest BCUT2D eigenvalue weighted by molar-refractivity contribution is 5.98. The molecule has 0 unspecified atom stereocenters. The number of amides is 1. The average molecular weight is 489 g/mol. The first-order valence-electron chi connectivity index (χ1n) is 12.3. The minimum Gasteiger partial charge on any atom is -0.482 e. The number of carbonyl (C=O) groups is 1. The largest absolute Gasteiger partial charge is 0.482 e. The lowest BCUT2D eigenvalue weighted by atomic mass is 10.2. The Labute approximate surface area is 211 Å². The van der Waals surface area contributed by atoms with Gasteiger partial charge in [-0.1, -0.05) is 6.92 Å². The van der Waals surface area contributed by atoms with E-state index in [0.717, 1.165) is 61.0 Å². The van der Waals surface area contributed by atoms with Crippen LogP contribution in [0.5, 0.6) is 5.75 Å². The molecule has 5 rings (SSSR count). The number of hydrogen-bond donors (Lipinski definition) is 2. The number of ether oxygens (including phenoxy) is 1. The number of rotatable bonds is 7. The Morgan fingerprint density at radius 3 is 2.56 bits per heavy atom. The highest BCUT2D eigenvalue weighted by atomic mass is 16.5. The molecule has 2 aromatic heterocycles. The van der Waals surface area contributed by atoms with Gasteiger partial charge in [0.05, 0.1) is 17.6 Å². The number of aryl methyl sites for hydroxylation is 1. The Morgan fingerprint density at radius 2 is 1.81 bits per heavy atom. The van der Waals surface area contributed by atoms with Crippen LogP contribution in [-0.4, -0.2) is 72.1 Å².